The fraction of sp³-hybridized carbons (Fsp3) is 0.875. The van der Waals surface area contributed by atoms with E-state index in [9.17, 15) is 18.0 Å². The summed E-state index contributed by atoms with van der Waals surface area (Å²) >= 11 is 0. The molecule has 0 aliphatic carbocycles. The Hall–Kier alpha value is -0.780. The third-order valence-electron chi connectivity index (χ3n) is 1.49. The molecule has 6 heteroatoms. The van der Waals surface area contributed by atoms with Crippen LogP contribution in [0.2, 0.25) is 0 Å². The predicted octanol–water partition coefficient (Wildman–Crippen LogP) is 1.91. The van der Waals surface area contributed by atoms with E-state index in [2.05, 4.69) is 9.47 Å². The number of esters is 1. The standard InChI is InChI=1S/C8H13F3O3/c1-3-4-5-14-6(7(12)13-2)8(9,10)11/h6H,3-5H2,1-2H3. The van der Waals surface area contributed by atoms with Crippen molar-refractivity contribution in [3.05, 3.63) is 0 Å². The molecule has 14 heavy (non-hydrogen) atoms. The summed E-state index contributed by atoms with van der Waals surface area (Å²) in [5, 5.41) is 0. The molecular formula is C8H13F3O3. The summed E-state index contributed by atoms with van der Waals surface area (Å²) in [6.45, 7) is 1.71. The number of carbonyl (C=O) groups is 1. The monoisotopic (exact) mass is 214 g/mol. The molecule has 0 aromatic rings. The second kappa shape index (κ2) is 5.85. The Bertz CT molecular complexity index is 179. The Labute approximate surface area is 80.2 Å². The van der Waals surface area contributed by atoms with Gasteiger partial charge < -0.3 is 9.47 Å². The maximum absolute atomic E-state index is 12.2. The van der Waals surface area contributed by atoms with Crippen molar-refractivity contribution < 1.29 is 27.4 Å². The molecule has 0 spiro atoms. The minimum atomic E-state index is -4.71. The highest BCUT2D eigenvalue weighted by Crippen LogP contribution is 2.24. The van der Waals surface area contributed by atoms with Gasteiger partial charge in [-0.2, -0.15) is 13.2 Å². The Morgan fingerprint density at radius 3 is 2.36 bits per heavy atom. The average Bonchev–Trinajstić information content (AvgIpc) is 2.09. The summed E-state index contributed by atoms with van der Waals surface area (Å²) in [7, 11) is 0.893. The third kappa shape index (κ3) is 4.45. The predicted molar refractivity (Wildman–Crippen MR) is 42.7 cm³/mol. The lowest BCUT2D eigenvalue weighted by Crippen LogP contribution is -2.40. The van der Waals surface area contributed by atoms with Crippen molar-refractivity contribution >= 4 is 5.97 Å². The van der Waals surface area contributed by atoms with Crippen LogP contribution in [0.15, 0.2) is 0 Å². The second-order valence-electron chi connectivity index (χ2n) is 2.67. The van der Waals surface area contributed by atoms with Crippen molar-refractivity contribution in [1.29, 1.82) is 0 Å². The maximum atomic E-state index is 12.2. The molecule has 0 saturated heterocycles. The molecule has 3 nitrogen and oxygen atoms in total. The minimum absolute atomic E-state index is 0.101. The normalized spacial score (nSPS) is 13.8. The molecule has 0 aliphatic heterocycles. The minimum Gasteiger partial charge on any atom is -0.467 e. The molecule has 1 unspecified atom stereocenters. The van der Waals surface area contributed by atoms with Gasteiger partial charge in [0.15, 0.2) is 0 Å². The van der Waals surface area contributed by atoms with Crippen LogP contribution in [-0.2, 0) is 14.3 Å². The molecule has 0 rings (SSSR count). The van der Waals surface area contributed by atoms with Crippen LogP contribution in [0, 0.1) is 0 Å². The highest BCUT2D eigenvalue weighted by molar-refractivity contribution is 5.75. The Balaban J connectivity index is 4.19. The summed E-state index contributed by atoms with van der Waals surface area (Å²) in [5.74, 6) is -1.41. The number of hydrogen-bond donors (Lipinski definition) is 0. The lowest BCUT2D eigenvalue weighted by Gasteiger charge is -2.18. The van der Waals surface area contributed by atoms with Gasteiger partial charge >= 0.3 is 12.1 Å². The van der Waals surface area contributed by atoms with Crippen LogP contribution in [0.3, 0.4) is 0 Å². The molecular weight excluding hydrogens is 201 g/mol. The van der Waals surface area contributed by atoms with Gasteiger partial charge in [-0.25, -0.2) is 4.79 Å². The van der Waals surface area contributed by atoms with Crippen LogP contribution in [0.5, 0.6) is 0 Å². The van der Waals surface area contributed by atoms with E-state index in [4.69, 9.17) is 0 Å². The number of alkyl halides is 3. The largest absolute Gasteiger partial charge is 0.467 e. The van der Waals surface area contributed by atoms with Crippen molar-refractivity contribution in [2.24, 2.45) is 0 Å². The smallest absolute Gasteiger partial charge is 0.425 e. The van der Waals surface area contributed by atoms with Gasteiger partial charge in [0.25, 0.3) is 6.10 Å². The first-order valence-corrected chi connectivity index (χ1v) is 4.19. The number of carbonyl (C=O) groups excluding carboxylic acids is 1. The first-order chi connectivity index (χ1) is 6.43. The zero-order chi connectivity index (χ0) is 11.2. The molecule has 0 aromatic heterocycles. The molecule has 0 bridgehead atoms. The van der Waals surface area contributed by atoms with Crippen molar-refractivity contribution in [2.45, 2.75) is 32.0 Å². The van der Waals surface area contributed by atoms with Crippen LogP contribution < -0.4 is 0 Å². The quantitative estimate of drug-likeness (QED) is 0.518. The zero-order valence-corrected chi connectivity index (χ0v) is 8.06. The molecule has 0 amide bonds. The topological polar surface area (TPSA) is 35.5 Å². The van der Waals surface area contributed by atoms with Gasteiger partial charge in [0, 0.05) is 6.61 Å². The average molecular weight is 214 g/mol. The number of hydrogen-bond acceptors (Lipinski definition) is 3. The van der Waals surface area contributed by atoms with E-state index >= 15 is 0 Å². The summed E-state index contributed by atoms with van der Waals surface area (Å²) in [6, 6.07) is 0. The molecule has 0 aromatic carbocycles. The van der Waals surface area contributed by atoms with E-state index in [0.29, 0.717) is 12.8 Å². The molecule has 0 aliphatic rings. The highest BCUT2D eigenvalue weighted by Gasteiger charge is 2.46. The van der Waals surface area contributed by atoms with Gasteiger partial charge in [0.1, 0.15) is 0 Å². The van der Waals surface area contributed by atoms with Crippen LogP contribution in [0.4, 0.5) is 13.2 Å². The summed E-state index contributed by atoms with van der Waals surface area (Å²) < 4.78 is 44.9. The summed E-state index contributed by atoms with van der Waals surface area (Å²) in [4.78, 5) is 10.7. The van der Waals surface area contributed by atoms with E-state index in [1.54, 1.807) is 0 Å². The first-order valence-electron chi connectivity index (χ1n) is 4.19. The van der Waals surface area contributed by atoms with Crippen molar-refractivity contribution in [3.8, 4) is 0 Å². The Kier molecular flexibility index (Phi) is 5.52. The first kappa shape index (κ1) is 13.2. The maximum Gasteiger partial charge on any atom is 0.425 e. The van der Waals surface area contributed by atoms with E-state index in [1.807, 2.05) is 6.92 Å². The van der Waals surface area contributed by atoms with E-state index in [1.165, 1.54) is 0 Å². The van der Waals surface area contributed by atoms with E-state index in [-0.39, 0.29) is 6.61 Å². The molecule has 0 radical (unpaired) electrons. The second-order valence-corrected chi connectivity index (χ2v) is 2.67. The van der Waals surface area contributed by atoms with Gasteiger partial charge in [0.05, 0.1) is 7.11 Å². The van der Waals surface area contributed by atoms with Crippen LogP contribution >= 0.6 is 0 Å². The van der Waals surface area contributed by atoms with Crippen molar-refractivity contribution in [3.63, 3.8) is 0 Å². The SMILES string of the molecule is CCCCOC(C(=O)OC)C(F)(F)F. The number of halogens is 3. The number of ether oxygens (including phenoxy) is 2. The molecule has 0 saturated carbocycles. The highest BCUT2D eigenvalue weighted by atomic mass is 19.4. The number of unbranched alkanes of at least 4 members (excludes halogenated alkanes) is 1. The fourth-order valence-electron chi connectivity index (χ4n) is 0.749. The van der Waals surface area contributed by atoms with Gasteiger partial charge in [-0.3, -0.25) is 0 Å². The number of rotatable bonds is 5. The lowest BCUT2D eigenvalue weighted by molar-refractivity contribution is -0.229. The molecule has 84 valence electrons. The fourth-order valence-corrected chi connectivity index (χ4v) is 0.749. The molecule has 1 atom stereocenters. The summed E-state index contributed by atoms with van der Waals surface area (Å²) in [5.41, 5.74) is 0. The molecule has 0 heterocycles. The van der Waals surface area contributed by atoms with Crippen LogP contribution in [-0.4, -0.2) is 32.0 Å². The van der Waals surface area contributed by atoms with E-state index in [0.717, 1.165) is 7.11 Å². The zero-order valence-electron chi connectivity index (χ0n) is 8.06. The number of methoxy groups -OCH3 is 1. The van der Waals surface area contributed by atoms with E-state index < -0.39 is 18.2 Å². The van der Waals surface area contributed by atoms with Gasteiger partial charge in [-0.1, -0.05) is 13.3 Å². The van der Waals surface area contributed by atoms with Gasteiger partial charge in [-0.15, -0.1) is 0 Å². The molecule has 0 fully saturated rings. The van der Waals surface area contributed by atoms with Crippen LogP contribution in [0.1, 0.15) is 19.8 Å². The third-order valence-corrected chi connectivity index (χ3v) is 1.49. The molecule has 0 N–H and O–H groups in total. The van der Waals surface area contributed by atoms with Crippen molar-refractivity contribution in [2.75, 3.05) is 13.7 Å². The Morgan fingerprint density at radius 2 is 2.00 bits per heavy atom. The van der Waals surface area contributed by atoms with Gasteiger partial charge in [-0.05, 0) is 6.42 Å². The van der Waals surface area contributed by atoms with Gasteiger partial charge in [0.2, 0.25) is 0 Å². The van der Waals surface area contributed by atoms with Crippen LogP contribution in [0.25, 0.3) is 0 Å². The van der Waals surface area contributed by atoms with Crippen molar-refractivity contribution in [1.82, 2.24) is 0 Å². The summed E-state index contributed by atoms with van der Waals surface area (Å²) in [6.07, 6.45) is -5.99. The Morgan fingerprint density at radius 1 is 1.43 bits per heavy atom. The lowest BCUT2D eigenvalue weighted by atomic mass is 10.3.